The number of nitrogens with two attached hydrogens (primary N) is 1. The van der Waals surface area contributed by atoms with Gasteiger partial charge >= 0.3 is 0 Å². The largest absolute Gasteiger partial charge is 0.394 e. The maximum absolute atomic E-state index is 9.00. The lowest BCUT2D eigenvalue weighted by Gasteiger charge is -2.07. The zero-order chi connectivity index (χ0) is 10.1. The van der Waals surface area contributed by atoms with Gasteiger partial charge in [0.1, 0.15) is 10.3 Å². The summed E-state index contributed by atoms with van der Waals surface area (Å²) >= 11 is 3.33. The smallest absolute Gasteiger partial charge is 0.138 e. The third-order valence-corrected chi connectivity index (χ3v) is 2.65. The molecule has 0 aliphatic carbocycles. The number of fused-ring (bicyclic) bond motifs is 1. The summed E-state index contributed by atoms with van der Waals surface area (Å²) < 4.78 is 2.55. The number of hydrogen-bond acceptors (Lipinski definition) is 3. The molecule has 3 N–H and O–H groups in total. The van der Waals surface area contributed by atoms with E-state index in [0.717, 1.165) is 11.3 Å². The van der Waals surface area contributed by atoms with E-state index in [0.29, 0.717) is 4.60 Å². The van der Waals surface area contributed by atoms with E-state index < -0.39 is 6.04 Å². The van der Waals surface area contributed by atoms with Crippen molar-refractivity contribution in [2.24, 2.45) is 5.73 Å². The van der Waals surface area contributed by atoms with Gasteiger partial charge in [-0.15, -0.1) is 0 Å². The molecule has 4 nitrogen and oxygen atoms in total. The molecule has 0 fully saturated rings. The summed E-state index contributed by atoms with van der Waals surface area (Å²) in [5, 5.41) is 9.00. The van der Waals surface area contributed by atoms with E-state index in [4.69, 9.17) is 10.8 Å². The van der Waals surface area contributed by atoms with E-state index >= 15 is 0 Å². The Bertz CT molecular complexity index is 454. The summed E-state index contributed by atoms with van der Waals surface area (Å²) in [7, 11) is 0. The second kappa shape index (κ2) is 3.68. The number of hydrogen-bond donors (Lipinski definition) is 2. The van der Waals surface area contributed by atoms with Crippen molar-refractivity contribution < 1.29 is 5.11 Å². The van der Waals surface area contributed by atoms with Gasteiger partial charge in [0.05, 0.1) is 18.3 Å². The zero-order valence-electron chi connectivity index (χ0n) is 7.39. The van der Waals surface area contributed by atoms with Gasteiger partial charge in [-0.05, 0) is 28.1 Å². The van der Waals surface area contributed by atoms with Gasteiger partial charge in [0, 0.05) is 6.20 Å². The molecule has 2 rings (SSSR count). The standard InChI is InChI=1S/C9H10BrN3O/c10-9-8(6(11)5-14)13-4-2-1-3-7(13)12-9/h1-4,6,14H,5,11H2. The average Bonchev–Trinajstić information content (AvgIpc) is 2.53. The highest BCUT2D eigenvalue weighted by atomic mass is 79.9. The van der Waals surface area contributed by atoms with Crippen LogP contribution in [0.25, 0.3) is 5.65 Å². The van der Waals surface area contributed by atoms with Crippen molar-refractivity contribution >= 4 is 21.6 Å². The van der Waals surface area contributed by atoms with Gasteiger partial charge in [0.2, 0.25) is 0 Å². The van der Waals surface area contributed by atoms with E-state index in [1.165, 1.54) is 0 Å². The fourth-order valence-electron chi connectivity index (χ4n) is 1.40. The van der Waals surface area contributed by atoms with Gasteiger partial charge in [-0.3, -0.25) is 0 Å². The summed E-state index contributed by atoms with van der Waals surface area (Å²) in [6.45, 7) is -0.0959. The van der Waals surface area contributed by atoms with Gasteiger partial charge in [0.25, 0.3) is 0 Å². The van der Waals surface area contributed by atoms with Crippen molar-refractivity contribution in [2.75, 3.05) is 6.61 Å². The van der Waals surface area contributed by atoms with Gasteiger partial charge in [0.15, 0.2) is 0 Å². The van der Waals surface area contributed by atoms with Crippen LogP contribution < -0.4 is 5.73 Å². The number of aromatic nitrogens is 2. The lowest BCUT2D eigenvalue weighted by Crippen LogP contribution is -2.17. The monoisotopic (exact) mass is 255 g/mol. The van der Waals surface area contributed by atoms with E-state index in [1.807, 2.05) is 28.8 Å². The predicted molar refractivity (Wildman–Crippen MR) is 56.9 cm³/mol. The summed E-state index contributed by atoms with van der Waals surface area (Å²) in [5.41, 5.74) is 7.38. The topological polar surface area (TPSA) is 63.5 Å². The zero-order valence-corrected chi connectivity index (χ0v) is 8.98. The first-order valence-corrected chi connectivity index (χ1v) is 5.02. The quantitative estimate of drug-likeness (QED) is 0.845. The van der Waals surface area contributed by atoms with Crippen molar-refractivity contribution in [1.82, 2.24) is 9.38 Å². The summed E-state index contributed by atoms with van der Waals surface area (Å²) in [5.74, 6) is 0. The van der Waals surface area contributed by atoms with Crippen LogP contribution in [0.15, 0.2) is 29.0 Å². The minimum atomic E-state index is -0.415. The van der Waals surface area contributed by atoms with E-state index in [2.05, 4.69) is 20.9 Å². The molecule has 74 valence electrons. The van der Waals surface area contributed by atoms with Crippen LogP contribution in [0.4, 0.5) is 0 Å². The number of aliphatic hydroxyl groups excluding tert-OH is 1. The molecule has 0 aliphatic rings. The molecule has 0 saturated carbocycles. The van der Waals surface area contributed by atoms with Crippen molar-refractivity contribution in [2.45, 2.75) is 6.04 Å². The van der Waals surface area contributed by atoms with Gasteiger partial charge in [-0.2, -0.15) is 0 Å². The van der Waals surface area contributed by atoms with E-state index in [1.54, 1.807) is 0 Å². The minimum absolute atomic E-state index is 0.0959. The summed E-state index contributed by atoms with van der Waals surface area (Å²) in [6.07, 6.45) is 1.87. The number of imidazole rings is 1. The number of rotatable bonds is 2. The maximum Gasteiger partial charge on any atom is 0.138 e. The molecule has 2 aromatic heterocycles. The van der Waals surface area contributed by atoms with Crippen LogP contribution >= 0.6 is 15.9 Å². The van der Waals surface area contributed by atoms with Crippen LogP contribution in [-0.4, -0.2) is 21.1 Å². The molecule has 5 heteroatoms. The highest BCUT2D eigenvalue weighted by molar-refractivity contribution is 9.10. The molecule has 2 heterocycles. The number of pyridine rings is 1. The Kier molecular flexibility index (Phi) is 2.54. The number of nitrogens with zero attached hydrogens (tertiary/aromatic N) is 2. The molecule has 2 aromatic rings. The van der Waals surface area contributed by atoms with Crippen LogP contribution in [0.3, 0.4) is 0 Å². The Labute approximate surface area is 89.5 Å². The van der Waals surface area contributed by atoms with Crippen molar-refractivity contribution in [3.63, 3.8) is 0 Å². The Morgan fingerprint density at radius 3 is 3.07 bits per heavy atom. The molecule has 0 aliphatic heterocycles. The first-order valence-electron chi connectivity index (χ1n) is 4.23. The molecule has 0 bridgehead atoms. The van der Waals surface area contributed by atoms with Crippen LogP contribution in [0.1, 0.15) is 11.7 Å². The Hall–Kier alpha value is -0.910. The Balaban J connectivity index is 2.67. The molecule has 14 heavy (non-hydrogen) atoms. The van der Waals surface area contributed by atoms with Crippen LogP contribution in [-0.2, 0) is 0 Å². The fourth-order valence-corrected chi connectivity index (χ4v) is 2.07. The van der Waals surface area contributed by atoms with Crippen molar-refractivity contribution in [3.8, 4) is 0 Å². The van der Waals surface area contributed by atoms with Crippen LogP contribution in [0.5, 0.6) is 0 Å². The molecule has 0 spiro atoms. The second-order valence-electron chi connectivity index (χ2n) is 3.01. The minimum Gasteiger partial charge on any atom is -0.394 e. The first kappa shape index (κ1) is 9.64. The third kappa shape index (κ3) is 1.43. The highest BCUT2D eigenvalue weighted by Crippen LogP contribution is 2.22. The van der Waals surface area contributed by atoms with Gasteiger partial charge in [-0.25, -0.2) is 4.98 Å². The van der Waals surface area contributed by atoms with Crippen molar-refractivity contribution in [1.29, 1.82) is 0 Å². The molecular weight excluding hydrogens is 246 g/mol. The van der Waals surface area contributed by atoms with E-state index in [-0.39, 0.29) is 6.61 Å². The predicted octanol–water partition coefficient (Wildman–Crippen LogP) is 1.09. The Morgan fingerprint density at radius 1 is 1.57 bits per heavy atom. The fraction of sp³-hybridized carbons (Fsp3) is 0.222. The molecule has 1 atom stereocenters. The lowest BCUT2D eigenvalue weighted by atomic mass is 10.2. The maximum atomic E-state index is 9.00. The summed E-state index contributed by atoms with van der Waals surface area (Å²) in [4.78, 5) is 4.27. The number of halogens is 1. The number of aliphatic hydroxyl groups is 1. The van der Waals surface area contributed by atoms with Crippen LogP contribution in [0, 0.1) is 0 Å². The molecule has 0 radical (unpaired) electrons. The molecule has 0 amide bonds. The summed E-state index contributed by atoms with van der Waals surface area (Å²) in [6, 6.07) is 5.28. The van der Waals surface area contributed by atoms with Crippen molar-refractivity contribution in [3.05, 3.63) is 34.7 Å². The molecular formula is C9H10BrN3O. The molecule has 0 saturated heterocycles. The van der Waals surface area contributed by atoms with Gasteiger partial charge < -0.3 is 15.2 Å². The average molecular weight is 256 g/mol. The molecule has 1 unspecified atom stereocenters. The normalized spacial score (nSPS) is 13.4. The first-order chi connectivity index (χ1) is 6.74. The SMILES string of the molecule is NC(CO)c1c(Br)nc2ccccn12. The highest BCUT2D eigenvalue weighted by Gasteiger charge is 2.15. The third-order valence-electron chi connectivity index (χ3n) is 2.07. The van der Waals surface area contributed by atoms with Gasteiger partial charge in [-0.1, -0.05) is 6.07 Å². The second-order valence-corrected chi connectivity index (χ2v) is 3.76. The lowest BCUT2D eigenvalue weighted by molar-refractivity contribution is 0.265. The van der Waals surface area contributed by atoms with E-state index in [9.17, 15) is 0 Å². The Morgan fingerprint density at radius 2 is 2.36 bits per heavy atom. The molecule has 0 aromatic carbocycles. The van der Waals surface area contributed by atoms with Crippen LogP contribution in [0.2, 0.25) is 0 Å².